The summed E-state index contributed by atoms with van der Waals surface area (Å²) in [5.74, 6) is 0.677. The zero-order valence-corrected chi connectivity index (χ0v) is 9.77. The van der Waals surface area contributed by atoms with Crippen molar-refractivity contribution in [2.75, 3.05) is 12.4 Å². The Morgan fingerprint density at radius 2 is 2.18 bits per heavy atom. The molecule has 1 aromatic rings. The molecule has 6 nitrogen and oxygen atoms in total. The SMILES string of the molecule is COc1c(NC2CCC(O)CC2)nc[nH]c1=O. The lowest BCUT2D eigenvalue weighted by Gasteiger charge is -2.26. The molecule has 0 spiro atoms. The Kier molecular flexibility index (Phi) is 3.63. The first-order chi connectivity index (χ1) is 8.20. The lowest BCUT2D eigenvalue weighted by atomic mass is 9.93. The fourth-order valence-electron chi connectivity index (χ4n) is 2.09. The van der Waals surface area contributed by atoms with Gasteiger partial charge in [0.15, 0.2) is 5.82 Å². The predicted octanol–water partition coefficient (Wildman–Crippen LogP) is 0.494. The van der Waals surface area contributed by atoms with Crippen LogP contribution in [0.4, 0.5) is 5.82 Å². The van der Waals surface area contributed by atoms with Crippen LogP contribution >= 0.6 is 0 Å². The van der Waals surface area contributed by atoms with Crippen LogP contribution < -0.4 is 15.6 Å². The Balaban J connectivity index is 2.08. The van der Waals surface area contributed by atoms with Crippen molar-refractivity contribution in [3.63, 3.8) is 0 Å². The molecule has 0 bridgehead atoms. The fraction of sp³-hybridized carbons (Fsp3) is 0.636. The van der Waals surface area contributed by atoms with Crippen molar-refractivity contribution in [1.29, 1.82) is 0 Å². The topological polar surface area (TPSA) is 87.2 Å². The van der Waals surface area contributed by atoms with Gasteiger partial charge in [0.25, 0.3) is 5.56 Å². The predicted molar refractivity (Wildman–Crippen MR) is 63.3 cm³/mol. The summed E-state index contributed by atoms with van der Waals surface area (Å²) in [5.41, 5.74) is -0.291. The Labute approximate surface area is 99.0 Å². The highest BCUT2D eigenvalue weighted by molar-refractivity contribution is 5.48. The van der Waals surface area contributed by atoms with E-state index >= 15 is 0 Å². The summed E-state index contributed by atoms with van der Waals surface area (Å²) in [4.78, 5) is 18.0. The molecule has 0 aromatic carbocycles. The number of hydrogen-bond donors (Lipinski definition) is 3. The van der Waals surface area contributed by atoms with Gasteiger partial charge in [0, 0.05) is 6.04 Å². The molecule has 1 fully saturated rings. The first kappa shape index (κ1) is 11.9. The molecule has 0 atom stereocenters. The molecular weight excluding hydrogens is 222 g/mol. The van der Waals surface area contributed by atoms with Crippen LogP contribution in [-0.4, -0.2) is 34.3 Å². The van der Waals surface area contributed by atoms with Crippen molar-refractivity contribution in [3.8, 4) is 5.75 Å². The second-order valence-corrected chi connectivity index (χ2v) is 4.26. The van der Waals surface area contributed by atoms with E-state index in [9.17, 15) is 9.90 Å². The highest BCUT2D eigenvalue weighted by atomic mass is 16.5. The summed E-state index contributed by atoms with van der Waals surface area (Å²) >= 11 is 0. The highest BCUT2D eigenvalue weighted by Gasteiger charge is 2.21. The monoisotopic (exact) mass is 239 g/mol. The van der Waals surface area contributed by atoms with Crippen LogP contribution in [0.5, 0.6) is 5.75 Å². The Morgan fingerprint density at radius 3 is 2.82 bits per heavy atom. The van der Waals surface area contributed by atoms with Crippen molar-refractivity contribution < 1.29 is 9.84 Å². The number of nitrogens with zero attached hydrogens (tertiary/aromatic N) is 1. The summed E-state index contributed by atoms with van der Waals surface area (Å²) in [6.07, 6.45) is 4.47. The van der Waals surface area contributed by atoms with Crippen LogP contribution in [-0.2, 0) is 0 Å². The molecule has 94 valence electrons. The number of anilines is 1. The van der Waals surface area contributed by atoms with Crippen molar-refractivity contribution in [2.45, 2.75) is 37.8 Å². The molecule has 2 rings (SSSR count). The van der Waals surface area contributed by atoms with Gasteiger partial charge in [-0.15, -0.1) is 0 Å². The lowest BCUT2D eigenvalue weighted by Crippen LogP contribution is -2.29. The van der Waals surface area contributed by atoms with E-state index < -0.39 is 0 Å². The van der Waals surface area contributed by atoms with Gasteiger partial charge in [-0.25, -0.2) is 4.98 Å². The van der Waals surface area contributed by atoms with E-state index in [0.717, 1.165) is 25.7 Å². The van der Waals surface area contributed by atoms with Crippen LogP contribution in [0.1, 0.15) is 25.7 Å². The molecular formula is C11H17N3O3. The highest BCUT2D eigenvalue weighted by Crippen LogP contribution is 2.23. The first-order valence-corrected chi connectivity index (χ1v) is 5.77. The Morgan fingerprint density at radius 1 is 1.47 bits per heavy atom. The maximum absolute atomic E-state index is 11.5. The van der Waals surface area contributed by atoms with E-state index in [0.29, 0.717) is 5.82 Å². The zero-order valence-electron chi connectivity index (χ0n) is 9.77. The van der Waals surface area contributed by atoms with Crippen molar-refractivity contribution in [2.24, 2.45) is 0 Å². The number of nitrogens with one attached hydrogen (secondary N) is 2. The van der Waals surface area contributed by atoms with Crippen LogP contribution in [0.3, 0.4) is 0 Å². The zero-order chi connectivity index (χ0) is 12.3. The number of aliphatic hydroxyl groups is 1. The summed E-state index contributed by atoms with van der Waals surface area (Å²) in [7, 11) is 1.45. The quantitative estimate of drug-likeness (QED) is 0.714. The number of H-pyrrole nitrogens is 1. The van der Waals surface area contributed by atoms with Crippen LogP contribution in [0.2, 0.25) is 0 Å². The molecule has 0 unspecified atom stereocenters. The third-order valence-electron chi connectivity index (χ3n) is 3.05. The minimum absolute atomic E-state index is 0.193. The maximum Gasteiger partial charge on any atom is 0.295 e. The normalized spacial score (nSPS) is 24.4. The molecule has 1 heterocycles. The summed E-state index contributed by atoms with van der Waals surface area (Å²) in [6, 6.07) is 0.238. The molecule has 3 N–H and O–H groups in total. The average Bonchev–Trinajstić information content (AvgIpc) is 2.32. The first-order valence-electron chi connectivity index (χ1n) is 5.77. The number of aliphatic hydroxyl groups excluding tert-OH is 1. The lowest BCUT2D eigenvalue weighted by molar-refractivity contribution is 0.126. The van der Waals surface area contributed by atoms with Crippen molar-refractivity contribution >= 4 is 5.82 Å². The van der Waals surface area contributed by atoms with E-state index in [4.69, 9.17) is 4.74 Å². The second kappa shape index (κ2) is 5.18. The van der Waals surface area contributed by atoms with E-state index in [1.54, 1.807) is 0 Å². The molecule has 0 aliphatic heterocycles. The molecule has 1 aromatic heterocycles. The fourth-order valence-corrected chi connectivity index (χ4v) is 2.09. The van der Waals surface area contributed by atoms with Gasteiger partial charge in [-0.05, 0) is 25.7 Å². The van der Waals surface area contributed by atoms with Gasteiger partial charge in [0.05, 0.1) is 19.5 Å². The Hall–Kier alpha value is -1.56. The van der Waals surface area contributed by atoms with Gasteiger partial charge in [-0.2, -0.15) is 0 Å². The number of rotatable bonds is 3. The maximum atomic E-state index is 11.5. The van der Waals surface area contributed by atoms with Crippen molar-refractivity contribution in [3.05, 3.63) is 16.7 Å². The van der Waals surface area contributed by atoms with Gasteiger partial charge >= 0.3 is 0 Å². The van der Waals surface area contributed by atoms with E-state index in [1.165, 1.54) is 13.4 Å². The smallest absolute Gasteiger partial charge is 0.295 e. The molecule has 0 amide bonds. The summed E-state index contributed by atoms with van der Waals surface area (Å²) in [6.45, 7) is 0. The number of hydrogen-bond acceptors (Lipinski definition) is 5. The minimum Gasteiger partial charge on any atom is -0.489 e. The molecule has 17 heavy (non-hydrogen) atoms. The molecule has 1 aliphatic carbocycles. The van der Waals surface area contributed by atoms with Gasteiger partial charge in [-0.1, -0.05) is 0 Å². The van der Waals surface area contributed by atoms with Crippen LogP contribution in [0, 0.1) is 0 Å². The standard InChI is InChI=1S/C11H17N3O3/c1-17-9-10(12-6-13-11(9)16)14-7-2-4-8(15)5-3-7/h6-8,15H,2-5H2,1H3,(H2,12,13,14,16). The van der Waals surface area contributed by atoms with Gasteiger partial charge < -0.3 is 20.1 Å². The third kappa shape index (κ3) is 2.76. The summed E-state index contributed by atoms with van der Waals surface area (Å²) in [5, 5.41) is 12.6. The average molecular weight is 239 g/mol. The number of ether oxygens (including phenoxy) is 1. The third-order valence-corrected chi connectivity index (χ3v) is 3.05. The van der Waals surface area contributed by atoms with E-state index in [2.05, 4.69) is 15.3 Å². The minimum atomic E-state index is -0.291. The number of aromatic nitrogens is 2. The van der Waals surface area contributed by atoms with Gasteiger partial charge in [-0.3, -0.25) is 4.79 Å². The van der Waals surface area contributed by atoms with Crippen LogP contribution in [0.15, 0.2) is 11.1 Å². The van der Waals surface area contributed by atoms with Crippen molar-refractivity contribution in [1.82, 2.24) is 9.97 Å². The van der Waals surface area contributed by atoms with E-state index in [1.807, 2.05) is 0 Å². The number of aromatic amines is 1. The molecule has 1 saturated carbocycles. The van der Waals surface area contributed by atoms with E-state index in [-0.39, 0.29) is 23.5 Å². The number of methoxy groups -OCH3 is 1. The molecule has 0 radical (unpaired) electrons. The molecule has 1 aliphatic rings. The van der Waals surface area contributed by atoms with Gasteiger partial charge in [0.2, 0.25) is 5.75 Å². The molecule has 6 heteroatoms. The molecule has 0 saturated heterocycles. The summed E-state index contributed by atoms with van der Waals surface area (Å²) < 4.78 is 5.02. The van der Waals surface area contributed by atoms with Crippen LogP contribution in [0.25, 0.3) is 0 Å². The Bertz CT molecular complexity index is 424. The largest absolute Gasteiger partial charge is 0.489 e. The van der Waals surface area contributed by atoms with Gasteiger partial charge in [0.1, 0.15) is 0 Å². The second-order valence-electron chi connectivity index (χ2n) is 4.26.